The molecule has 0 N–H and O–H groups in total. The smallest absolute Gasteiger partial charge is 0.149 e. The molecule has 0 aliphatic heterocycles. The highest BCUT2D eigenvalue weighted by Gasteiger charge is 2.45. The quantitative estimate of drug-likeness (QED) is 0.124. The molecule has 3 rings (SSSR count). The van der Waals surface area contributed by atoms with Gasteiger partial charge in [-0.3, -0.25) is 0 Å². The van der Waals surface area contributed by atoms with Crippen LogP contribution in [0.1, 0.15) is 16.7 Å². The lowest BCUT2D eigenvalue weighted by atomic mass is 10.2. The van der Waals surface area contributed by atoms with Crippen molar-refractivity contribution in [3.63, 3.8) is 0 Å². The summed E-state index contributed by atoms with van der Waals surface area (Å²) in [4.78, 5) is 0. The molecule has 8 heteroatoms. The van der Waals surface area contributed by atoms with Crippen LogP contribution in [0, 0.1) is 20.8 Å². The lowest BCUT2D eigenvalue weighted by Gasteiger charge is -2.38. The zero-order chi connectivity index (χ0) is 36.7. The van der Waals surface area contributed by atoms with Crippen molar-refractivity contribution in [3.05, 3.63) is 53.1 Å². The summed E-state index contributed by atoms with van der Waals surface area (Å²) in [5, 5.41) is 14.2. The molecular weight excluding hydrogens is 700 g/mol. The maximum atomic E-state index is 8.82. The highest BCUT2D eigenvalue weighted by atomic mass is 35.6. The predicted octanol–water partition coefficient (Wildman–Crippen LogP) is 7.09. The van der Waals surface area contributed by atoms with Crippen molar-refractivity contribution in [3.8, 4) is 0 Å². The SMILES string of the molecule is Cc1cc([Si](C)(C)C)c([Si](C)(C)C)cc1[Si](Cl)(c1cc([Si](C)(C)C)c([Si](C)(C)C)cc1C)c1cc([Si](C)(C)C)c([Si](C)(C)C)cc1C. The van der Waals surface area contributed by atoms with E-state index in [0.29, 0.717) is 0 Å². The van der Waals surface area contributed by atoms with Gasteiger partial charge in [0.1, 0.15) is 0 Å². The molecule has 0 saturated heterocycles. The number of hydrogen-bond acceptors (Lipinski definition) is 0. The van der Waals surface area contributed by atoms with Crippen LogP contribution in [0.5, 0.6) is 0 Å². The molecule has 0 radical (unpaired) electrons. The average molecular weight is 770 g/mol. The zero-order valence-electron chi connectivity index (χ0n) is 34.3. The summed E-state index contributed by atoms with van der Waals surface area (Å²) in [6.45, 7) is 52.7. The Bertz CT molecular complexity index is 1470. The monoisotopic (exact) mass is 768 g/mol. The fourth-order valence-corrected chi connectivity index (χ4v) is 29.1. The van der Waals surface area contributed by atoms with E-state index in [4.69, 9.17) is 11.1 Å². The Morgan fingerprint density at radius 1 is 0.277 bits per heavy atom. The topological polar surface area (TPSA) is 0 Å². The van der Waals surface area contributed by atoms with Gasteiger partial charge in [0.25, 0.3) is 0 Å². The Kier molecular flexibility index (Phi) is 11.2. The first kappa shape index (κ1) is 40.9. The lowest BCUT2D eigenvalue weighted by Crippen LogP contribution is -2.70. The van der Waals surface area contributed by atoms with E-state index >= 15 is 0 Å². The van der Waals surface area contributed by atoms with Crippen LogP contribution < -0.4 is 46.7 Å². The second-order valence-electron chi connectivity index (χ2n) is 20.8. The molecule has 0 saturated carbocycles. The molecule has 0 heterocycles. The van der Waals surface area contributed by atoms with Crippen LogP contribution >= 0.6 is 11.1 Å². The molecule has 47 heavy (non-hydrogen) atoms. The molecule has 0 bridgehead atoms. The van der Waals surface area contributed by atoms with E-state index < -0.39 is 55.8 Å². The fourth-order valence-electron chi connectivity index (χ4n) is 7.40. The van der Waals surface area contributed by atoms with E-state index in [2.05, 4.69) is 175 Å². The summed E-state index contributed by atoms with van der Waals surface area (Å²) >= 11 is 8.82. The molecule has 0 spiro atoms. The van der Waals surface area contributed by atoms with Gasteiger partial charge in [0.15, 0.2) is 0 Å². The first-order chi connectivity index (χ1) is 20.7. The second kappa shape index (κ2) is 12.9. The molecule has 0 amide bonds. The van der Waals surface area contributed by atoms with E-state index in [9.17, 15) is 0 Å². The Hall–Kier alpha value is -0.532. The Labute approximate surface area is 303 Å². The number of aryl methyl sites for hydroxylation is 3. The standard InChI is InChI=1S/C39H69ClSi7/c1-28-22-34(41(4,5)6)37(44(13,14)15)25-31(28)47(40,32-26-38(45(16,17)18)35(23-29(32)2)42(7,8)9)33-27-39(46(19,20)21)36(24-30(33)3)43(10,11)12/h22-27H,1-21H3. The largest absolute Gasteiger partial charge is 0.248 e. The summed E-state index contributed by atoms with van der Waals surface area (Å²) in [6, 6.07) is 15.8. The van der Waals surface area contributed by atoms with Gasteiger partial charge in [-0.05, 0) is 36.3 Å². The highest BCUT2D eigenvalue weighted by molar-refractivity contribution is 7.41. The molecule has 0 aromatic heterocycles. The first-order valence-corrected chi connectivity index (χ1v) is 41.9. The summed E-state index contributed by atoms with van der Waals surface area (Å²) in [5.74, 6) is 0. The number of rotatable bonds is 9. The van der Waals surface area contributed by atoms with Gasteiger partial charge in [0.05, 0.1) is 48.4 Å². The molecule has 0 unspecified atom stereocenters. The van der Waals surface area contributed by atoms with Crippen LogP contribution in [-0.4, -0.2) is 55.8 Å². The Morgan fingerprint density at radius 2 is 0.426 bits per heavy atom. The predicted molar refractivity (Wildman–Crippen MR) is 242 cm³/mol. The van der Waals surface area contributed by atoms with Crippen LogP contribution in [-0.2, 0) is 0 Å². The average Bonchev–Trinajstić information content (AvgIpc) is 2.84. The van der Waals surface area contributed by atoms with Crippen LogP contribution in [0.3, 0.4) is 0 Å². The van der Waals surface area contributed by atoms with Gasteiger partial charge in [-0.1, -0.05) is 202 Å². The lowest BCUT2D eigenvalue weighted by molar-refractivity contribution is 1.48. The fraction of sp³-hybridized carbons (Fsp3) is 0.538. The zero-order valence-corrected chi connectivity index (χ0v) is 42.1. The van der Waals surface area contributed by atoms with E-state index in [0.717, 1.165) is 0 Å². The van der Waals surface area contributed by atoms with Crippen LogP contribution in [0.2, 0.25) is 118 Å². The van der Waals surface area contributed by atoms with Crippen molar-refractivity contribution in [2.45, 2.75) is 139 Å². The van der Waals surface area contributed by atoms with Gasteiger partial charge in [0, 0.05) is 0 Å². The normalized spacial score (nSPS) is 14.2. The van der Waals surface area contributed by atoms with E-state index in [-0.39, 0.29) is 0 Å². The number of halogens is 1. The van der Waals surface area contributed by atoms with E-state index in [1.807, 2.05) is 0 Å². The van der Waals surface area contributed by atoms with Crippen LogP contribution in [0.4, 0.5) is 0 Å². The molecule has 0 nitrogen and oxygen atoms in total. The van der Waals surface area contributed by atoms with Crippen LogP contribution in [0.25, 0.3) is 0 Å². The molecular formula is C39H69ClSi7. The van der Waals surface area contributed by atoms with Crippen LogP contribution in [0.15, 0.2) is 36.4 Å². The van der Waals surface area contributed by atoms with Crippen molar-refractivity contribution in [2.24, 2.45) is 0 Å². The Balaban J connectivity index is 2.75. The van der Waals surface area contributed by atoms with Crippen molar-refractivity contribution in [2.75, 3.05) is 0 Å². The molecule has 0 atom stereocenters. The molecule has 0 aliphatic carbocycles. The minimum atomic E-state index is -3.00. The summed E-state index contributed by atoms with van der Waals surface area (Å²) in [7, 11) is -12.8. The second-order valence-corrected chi connectivity index (χ2v) is 55.7. The highest BCUT2D eigenvalue weighted by Crippen LogP contribution is 2.21. The third-order valence-corrected chi connectivity index (χ3v) is 28.7. The maximum Gasteiger partial charge on any atom is 0.248 e. The molecule has 260 valence electrons. The molecule has 3 aromatic carbocycles. The van der Waals surface area contributed by atoms with E-state index in [1.165, 1.54) is 32.3 Å². The minimum absolute atomic E-state index is 1.40. The van der Waals surface area contributed by atoms with Crippen molar-refractivity contribution in [1.82, 2.24) is 0 Å². The summed E-state index contributed by atoms with van der Waals surface area (Å²) in [5.41, 5.74) is 4.20. The summed E-state index contributed by atoms with van der Waals surface area (Å²) < 4.78 is 0. The van der Waals surface area contributed by atoms with Gasteiger partial charge in [0.2, 0.25) is 7.38 Å². The van der Waals surface area contributed by atoms with Gasteiger partial charge < -0.3 is 0 Å². The first-order valence-electron chi connectivity index (χ1n) is 17.9. The van der Waals surface area contributed by atoms with E-state index in [1.54, 1.807) is 31.1 Å². The van der Waals surface area contributed by atoms with Gasteiger partial charge in [-0.25, -0.2) is 0 Å². The molecule has 0 fully saturated rings. The molecule has 0 aliphatic rings. The van der Waals surface area contributed by atoms with Gasteiger partial charge >= 0.3 is 0 Å². The minimum Gasteiger partial charge on any atom is -0.149 e. The van der Waals surface area contributed by atoms with Crippen molar-refractivity contribution in [1.29, 1.82) is 0 Å². The number of hydrogen-bond donors (Lipinski definition) is 0. The molecule has 3 aromatic rings. The summed E-state index contributed by atoms with van der Waals surface area (Å²) in [6.07, 6.45) is 0. The maximum absolute atomic E-state index is 8.82. The van der Waals surface area contributed by atoms with Crippen molar-refractivity contribution < 1.29 is 0 Å². The number of benzene rings is 3. The van der Waals surface area contributed by atoms with Gasteiger partial charge in [-0.2, -0.15) is 0 Å². The Morgan fingerprint density at radius 3 is 0.574 bits per heavy atom. The van der Waals surface area contributed by atoms with Crippen molar-refractivity contribution >= 4 is 114 Å². The third-order valence-electron chi connectivity index (χ3n) is 10.1. The van der Waals surface area contributed by atoms with Gasteiger partial charge in [-0.15, -0.1) is 11.1 Å². The third kappa shape index (κ3) is 8.34.